The number of allylic oxidation sites excluding steroid dienone is 10. The molecule has 0 aliphatic heterocycles. The molecule has 0 bridgehead atoms. The van der Waals surface area contributed by atoms with Crippen LogP contribution in [0.4, 0.5) is 0 Å². The number of unbranched alkanes of at least 4 members (excludes halogenated alkanes) is 19. The first-order valence-corrected chi connectivity index (χ1v) is 24.2. The second-order valence-electron chi connectivity index (χ2n) is 16.2. The van der Waals surface area contributed by atoms with Crippen LogP contribution in [0.1, 0.15) is 213 Å². The number of aliphatic hydroxyl groups excluding tert-OH is 1. The lowest BCUT2D eigenvalue weighted by molar-refractivity contribution is -0.150. The summed E-state index contributed by atoms with van der Waals surface area (Å²) in [7, 11) is 0. The lowest BCUT2D eigenvalue weighted by Gasteiger charge is -2.18. The molecular formula is C51H88N2O7. The highest BCUT2D eigenvalue weighted by atomic mass is 16.5. The molecule has 60 heavy (non-hydrogen) atoms. The molecule has 0 spiro atoms. The van der Waals surface area contributed by atoms with Gasteiger partial charge in [0.15, 0.2) is 0 Å². The van der Waals surface area contributed by atoms with E-state index in [9.17, 15) is 19.2 Å². The second kappa shape index (κ2) is 45.1. The molecule has 2 amide bonds. The predicted octanol–water partition coefficient (Wildman–Crippen LogP) is 12.5. The molecule has 0 saturated carbocycles. The lowest BCUT2D eigenvalue weighted by Crippen LogP contribution is -2.47. The summed E-state index contributed by atoms with van der Waals surface area (Å²) in [6, 6.07) is -1.39. The van der Waals surface area contributed by atoms with E-state index >= 15 is 0 Å². The van der Waals surface area contributed by atoms with Crippen LogP contribution in [0.5, 0.6) is 0 Å². The molecule has 0 rings (SSSR count). The molecule has 0 aromatic carbocycles. The minimum atomic E-state index is -1.39. The Balaban J connectivity index is 4.29. The predicted molar refractivity (Wildman–Crippen MR) is 250 cm³/mol. The summed E-state index contributed by atoms with van der Waals surface area (Å²) >= 11 is 0. The van der Waals surface area contributed by atoms with Gasteiger partial charge in [-0.15, -0.1) is 0 Å². The molecule has 0 aromatic heterocycles. The van der Waals surface area contributed by atoms with Crippen LogP contribution in [0.2, 0.25) is 0 Å². The van der Waals surface area contributed by atoms with E-state index < -0.39 is 24.5 Å². The third kappa shape index (κ3) is 41.3. The molecule has 0 aliphatic carbocycles. The van der Waals surface area contributed by atoms with E-state index in [1.807, 2.05) is 0 Å². The van der Waals surface area contributed by atoms with Crippen LogP contribution >= 0.6 is 0 Å². The SMILES string of the molecule is CC/C=C\C/C=C\C/C=C\C/C=C\C/C=C\CCCCCCCC(=O)OC(CCCCCCCCCCCCC)CCCCCCCC(=O)NCC(=O)NC(CO)C(=O)O. The highest BCUT2D eigenvalue weighted by Crippen LogP contribution is 2.19. The normalized spacial score (nSPS) is 13.0. The molecule has 9 heteroatoms. The Kier molecular flexibility index (Phi) is 42.5. The third-order valence-corrected chi connectivity index (χ3v) is 10.5. The Morgan fingerprint density at radius 2 is 0.950 bits per heavy atom. The average molecular weight is 841 g/mol. The number of hydrogen-bond donors (Lipinski definition) is 4. The van der Waals surface area contributed by atoms with Gasteiger partial charge < -0.3 is 25.6 Å². The Morgan fingerprint density at radius 3 is 1.43 bits per heavy atom. The van der Waals surface area contributed by atoms with Gasteiger partial charge in [0.2, 0.25) is 11.8 Å². The van der Waals surface area contributed by atoms with E-state index in [4.69, 9.17) is 14.9 Å². The van der Waals surface area contributed by atoms with E-state index in [1.165, 1.54) is 77.0 Å². The molecule has 0 heterocycles. The molecule has 0 fully saturated rings. The van der Waals surface area contributed by atoms with Crippen molar-refractivity contribution >= 4 is 23.8 Å². The largest absolute Gasteiger partial charge is 0.480 e. The first-order chi connectivity index (χ1) is 29.3. The summed E-state index contributed by atoms with van der Waals surface area (Å²) in [5, 5.41) is 22.6. The van der Waals surface area contributed by atoms with Crippen LogP contribution in [0.15, 0.2) is 60.8 Å². The fraction of sp³-hybridized carbons (Fsp3) is 0.725. The Bertz CT molecular complexity index is 1190. The number of rotatable bonds is 43. The molecule has 0 saturated heterocycles. The van der Waals surface area contributed by atoms with E-state index in [0.29, 0.717) is 19.3 Å². The molecule has 4 N–H and O–H groups in total. The fourth-order valence-corrected chi connectivity index (χ4v) is 6.86. The highest BCUT2D eigenvalue weighted by Gasteiger charge is 2.19. The van der Waals surface area contributed by atoms with Crippen molar-refractivity contribution in [2.45, 2.75) is 225 Å². The smallest absolute Gasteiger partial charge is 0.328 e. The van der Waals surface area contributed by atoms with Crippen LogP contribution in [-0.4, -0.2) is 59.3 Å². The summed E-state index contributed by atoms with van der Waals surface area (Å²) < 4.78 is 6.04. The van der Waals surface area contributed by atoms with Crippen molar-refractivity contribution in [1.82, 2.24) is 10.6 Å². The van der Waals surface area contributed by atoms with Gasteiger partial charge in [0.25, 0.3) is 0 Å². The number of esters is 1. The highest BCUT2D eigenvalue weighted by molar-refractivity contribution is 5.87. The van der Waals surface area contributed by atoms with Gasteiger partial charge in [0.1, 0.15) is 12.1 Å². The molecule has 2 unspecified atom stereocenters. The number of aliphatic carboxylic acids is 1. The minimum absolute atomic E-state index is 0.0250. The van der Waals surface area contributed by atoms with Crippen LogP contribution in [0.25, 0.3) is 0 Å². The minimum Gasteiger partial charge on any atom is -0.480 e. The summed E-state index contributed by atoms with van der Waals surface area (Å²) in [5.74, 6) is -2.31. The van der Waals surface area contributed by atoms with Crippen LogP contribution in [0.3, 0.4) is 0 Å². The van der Waals surface area contributed by atoms with Gasteiger partial charge in [-0.05, 0) is 83.5 Å². The van der Waals surface area contributed by atoms with E-state index in [-0.39, 0.29) is 24.5 Å². The Labute approximate surface area is 366 Å². The lowest BCUT2D eigenvalue weighted by atomic mass is 10.0. The van der Waals surface area contributed by atoms with Crippen molar-refractivity contribution in [3.8, 4) is 0 Å². The molecule has 0 aromatic rings. The number of carbonyl (C=O) groups is 4. The van der Waals surface area contributed by atoms with Crippen molar-refractivity contribution in [3.63, 3.8) is 0 Å². The molecular weight excluding hydrogens is 753 g/mol. The number of hydrogen-bond acceptors (Lipinski definition) is 6. The topological polar surface area (TPSA) is 142 Å². The number of carboxylic acids is 1. The molecule has 0 aliphatic rings. The summed E-state index contributed by atoms with van der Waals surface area (Å²) in [6.45, 7) is 3.37. The monoisotopic (exact) mass is 841 g/mol. The number of amides is 2. The van der Waals surface area contributed by atoms with Gasteiger partial charge in [-0.3, -0.25) is 14.4 Å². The zero-order valence-corrected chi connectivity index (χ0v) is 38.2. The maximum Gasteiger partial charge on any atom is 0.328 e. The number of ether oxygens (including phenoxy) is 1. The van der Waals surface area contributed by atoms with Crippen LogP contribution < -0.4 is 10.6 Å². The number of carbonyl (C=O) groups excluding carboxylic acids is 3. The Hall–Kier alpha value is -3.46. The van der Waals surface area contributed by atoms with Crippen molar-refractivity contribution < 1.29 is 34.1 Å². The van der Waals surface area contributed by atoms with Gasteiger partial charge in [-0.1, -0.05) is 177 Å². The van der Waals surface area contributed by atoms with Gasteiger partial charge >= 0.3 is 11.9 Å². The standard InChI is InChI=1S/C51H88N2O7/c1-3-5-7-9-11-13-15-16-17-18-19-20-21-22-23-24-26-28-30-35-39-43-50(57)60-46(40-36-32-29-27-25-14-12-10-8-6-4-2)41-37-33-31-34-38-42-48(55)52-44-49(56)53-47(45-54)51(58)59/h5,7,11,13,16-17,19-20,22-23,46-47,54H,3-4,6,8-10,12,14-15,18,21,24-45H2,1-2H3,(H,52,55)(H,53,56)(H,58,59)/b7-5-,13-11-,17-16-,20-19-,23-22-. The van der Waals surface area contributed by atoms with Crippen molar-refractivity contribution in [2.75, 3.05) is 13.2 Å². The van der Waals surface area contributed by atoms with Crippen molar-refractivity contribution in [3.05, 3.63) is 60.8 Å². The van der Waals surface area contributed by atoms with Crippen LogP contribution in [-0.2, 0) is 23.9 Å². The van der Waals surface area contributed by atoms with Crippen molar-refractivity contribution in [1.29, 1.82) is 0 Å². The van der Waals surface area contributed by atoms with E-state index in [2.05, 4.69) is 85.2 Å². The van der Waals surface area contributed by atoms with Gasteiger partial charge in [0, 0.05) is 12.8 Å². The van der Waals surface area contributed by atoms with Crippen molar-refractivity contribution in [2.24, 2.45) is 0 Å². The number of aliphatic hydroxyl groups is 1. The number of carboxylic acid groups (broad SMARTS) is 1. The van der Waals surface area contributed by atoms with Gasteiger partial charge in [-0.2, -0.15) is 0 Å². The Morgan fingerprint density at radius 1 is 0.517 bits per heavy atom. The summed E-state index contributed by atoms with van der Waals surface area (Å²) in [4.78, 5) is 47.7. The molecule has 9 nitrogen and oxygen atoms in total. The second-order valence-corrected chi connectivity index (χ2v) is 16.2. The van der Waals surface area contributed by atoms with Gasteiger partial charge in [-0.25, -0.2) is 4.79 Å². The molecule has 344 valence electrons. The zero-order chi connectivity index (χ0) is 44.0. The van der Waals surface area contributed by atoms with E-state index in [0.717, 1.165) is 103 Å². The van der Waals surface area contributed by atoms with Crippen LogP contribution in [0, 0.1) is 0 Å². The van der Waals surface area contributed by atoms with E-state index in [1.54, 1.807) is 0 Å². The first kappa shape index (κ1) is 56.5. The average Bonchev–Trinajstić information content (AvgIpc) is 3.23. The fourth-order valence-electron chi connectivity index (χ4n) is 6.86. The maximum absolute atomic E-state index is 12.8. The zero-order valence-electron chi connectivity index (χ0n) is 38.2. The number of nitrogens with one attached hydrogen (secondary N) is 2. The maximum atomic E-state index is 12.8. The quantitative estimate of drug-likeness (QED) is 0.0272. The summed E-state index contributed by atoms with van der Waals surface area (Å²) in [6.07, 6.45) is 55.3. The summed E-state index contributed by atoms with van der Waals surface area (Å²) in [5.41, 5.74) is 0. The first-order valence-electron chi connectivity index (χ1n) is 24.2. The van der Waals surface area contributed by atoms with Gasteiger partial charge in [0.05, 0.1) is 13.2 Å². The molecule has 0 radical (unpaired) electrons. The molecule has 2 atom stereocenters. The third-order valence-electron chi connectivity index (χ3n) is 10.5.